The molecule has 0 saturated carbocycles. The van der Waals surface area contributed by atoms with Crippen LogP contribution in [0.4, 0.5) is 11.8 Å². The fourth-order valence-corrected chi connectivity index (χ4v) is 3.94. The summed E-state index contributed by atoms with van der Waals surface area (Å²) in [5.41, 5.74) is 0.921. The Kier molecular flexibility index (Phi) is 9.06. The molecule has 1 saturated heterocycles. The van der Waals surface area contributed by atoms with Crippen LogP contribution in [0.5, 0.6) is 0 Å². The van der Waals surface area contributed by atoms with E-state index in [1.54, 1.807) is 45.6 Å². The lowest BCUT2D eigenvalue weighted by Gasteiger charge is -2.22. The first-order valence-electron chi connectivity index (χ1n) is 12.7. The van der Waals surface area contributed by atoms with Crippen LogP contribution < -0.4 is 10.6 Å². The molecule has 0 radical (unpaired) electrons. The summed E-state index contributed by atoms with van der Waals surface area (Å²) in [7, 11) is 1.70. The number of hydrogen-bond acceptors (Lipinski definition) is 10. The van der Waals surface area contributed by atoms with Crippen molar-refractivity contribution in [3.63, 3.8) is 0 Å². The number of aromatic nitrogens is 4. The third-order valence-corrected chi connectivity index (χ3v) is 6.05. The predicted molar refractivity (Wildman–Crippen MR) is 137 cm³/mol. The quantitative estimate of drug-likeness (QED) is 0.450. The largest absolute Gasteiger partial charge is 0.463 e. The maximum atomic E-state index is 12.5. The van der Waals surface area contributed by atoms with Gasteiger partial charge in [0.05, 0.1) is 12.2 Å². The molecule has 3 rings (SSSR count). The zero-order chi connectivity index (χ0) is 27.4. The van der Waals surface area contributed by atoms with Crippen molar-refractivity contribution in [1.29, 1.82) is 0 Å². The number of nitrogens with one attached hydrogen (secondary N) is 2. The van der Waals surface area contributed by atoms with Gasteiger partial charge in [-0.25, -0.2) is 4.98 Å². The van der Waals surface area contributed by atoms with E-state index in [0.29, 0.717) is 17.0 Å². The van der Waals surface area contributed by atoms with E-state index in [4.69, 9.17) is 14.2 Å². The molecule has 12 heteroatoms. The molecular weight excluding hydrogens is 480 g/mol. The Labute approximate surface area is 216 Å². The molecule has 1 fully saturated rings. The Hall–Kier alpha value is -3.28. The number of ether oxygens (including phenoxy) is 3. The topological polar surface area (TPSA) is 147 Å². The second-order valence-corrected chi connectivity index (χ2v) is 10.4. The molecule has 2 aromatic heterocycles. The van der Waals surface area contributed by atoms with Crippen LogP contribution in [0.3, 0.4) is 0 Å². The summed E-state index contributed by atoms with van der Waals surface area (Å²) >= 11 is 0. The van der Waals surface area contributed by atoms with Crippen LogP contribution in [0.2, 0.25) is 0 Å². The van der Waals surface area contributed by atoms with Gasteiger partial charge in [0.2, 0.25) is 11.9 Å². The van der Waals surface area contributed by atoms with Gasteiger partial charge in [0.1, 0.15) is 25.0 Å². The molecule has 0 aromatic carbocycles. The number of carbonyl (C=O) groups is 3. The van der Waals surface area contributed by atoms with E-state index in [1.165, 1.54) is 0 Å². The summed E-state index contributed by atoms with van der Waals surface area (Å²) in [6.45, 7) is 12.8. The lowest BCUT2D eigenvalue weighted by Crippen LogP contribution is -2.36. The number of amides is 1. The summed E-state index contributed by atoms with van der Waals surface area (Å²) in [5, 5.41) is 5.71. The second kappa shape index (κ2) is 11.8. The van der Waals surface area contributed by atoms with Gasteiger partial charge >= 0.3 is 11.9 Å². The minimum absolute atomic E-state index is 0.0541. The molecule has 2 N–H and O–H groups in total. The number of carbonyl (C=O) groups excluding carboxylic acids is 3. The Balaban J connectivity index is 1.94. The van der Waals surface area contributed by atoms with Gasteiger partial charge < -0.3 is 19.5 Å². The van der Waals surface area contributed by atoms with E-state index in [0.717, 1.165) is 0 Å². The van der Waals surface area contributed by atoms with Gasteiger partial charge in [-0.05, 0) is 5.92 Å². The van der Waals surface area contributed by atoms with Crippen LogP contribution in [0.25, 0.3) is 11.2 Å². The molecule has 1 aliphatic heterocycles. The van der Waals surface area contributed by atoms with E-state index in [-0.39, 0.29) is 60.5 Å². The molecule has 1 amide bonds. The van der Waals surface area contributed by atoms with E-state index < -0.39 is 18.4 Å². The van der Waals surface area contributed by atoms with Gasteiger partial charge in [0.25, 0.3) is 0 Å². The summed E-state index contributed by atoms with van der Waals surface area (Å²) in [6, 6.07) is 0. The molecular formula is C25H38N6O6. The van der Waals surface area contributed by atoms with Crippen LogP contribution in [-0.2, 0) is 28.6 Å². The predicted octanol–water partition coefficient (Wildman–Crippen LogP) is 3.15. The van der Waals surface area contributed by atoms with Crippen molar-refractivity contribution in [1.82, 2.24) is 19.5 Å². The number of fused-ring (bicyclic) bond motifs is 1. The SMILES string of the molecule is CNc1nc(NC(=O)C(C)C)nc2c1ncn2[C@@H]1O[C@H](COC(=O)CC(C)C)[C@@H](OC(=O)C(C)C)[C@@H]1C. The molecule has 0 bridgehead atoms. The highest BCUT2D eigenvalue weighted by Crippen LogP contribution is 2.39. The van der Waals surface area contributed by atoms with E-state index in [2.05, 4.69) is 25.6 Å². The fraction of sp³-hybridized carbons (Fsp3) is 0.680. The number of esters is 2. The normalized spacial score (nSPS) is 21.6. The third-order valence-electron chi connectivity index (χ3n) is 6.05. The molecule has 2 aromatic rings. The zero-order valence-electron chi connectivity index (χ0n) is 22.8. The van der Waals surface area contributed by atoms with Gasteiger partial charge in [-0.3, -0.25) is 24.3 Å². The molecule has 0 aliphatic carbocycles. The summed E-state index contributed by atoms with van der Waals surface area (Å²) in [6.07, 6.45) is -0.110. The number of rotatable bonds is 10. The fourth-order valence-electron chi connectivity index (χ4n) is 3.94. The standard InChI is InChI=1S/C25H38N6O6/c1-12(2)9-17(32)35-10-16-19(37-24(34)14(5)6)15(7)23(36-16)31-11-27-18-20(26-8)28-25(29-21(18)31)30-22(33)13(3)4/h11-16,19,23H,9-10H2,1-8H3,(H2,26,28,29,30,33)/t15-,16+,19-,23+/m0/s1. The highest BCUT2D eigenvalue weighted by molar-refractivity contribution is 5.92. The van der Waals surface area contributed by atoms with Gasteiger partial charge in [-0.1, -0.05) is 48.5 Å². The van der Waals surface area contributed by atoms with Crippen LogP contribution in [-0.4, -0.2) is 63.2 Å². The van der Waals surface area contributed by atoms with Gasteiger partial charge in [-0.15, -0.1) is 0 Å². The van der Waals surface area contributed by atoms with Crippen molar-refractivity contribution in [2.45, 2.75) is 73.3 Å². The minimum atomic E-state index is -0.679. The third kappa shape index (κ3) is 6.54. The molecule has 4 atom stereocenters. The first-order valence-corrected chi connectivity index (χ1v) is 12.7. The molecule has 0 unspecified atom stereocenters. The number of imidazole rings is 1. The molecule has 1 aliphatic rings. The smallest absolute Gasteiger partial charge is 0.308 e. The summed E-state index contributed by atoms with van der Waals surface area (Å²) in [5.74, 6) is -1.11. The molecule has 12 nitrogen and oxygen atoms in total. The average molecular weight is 519 g/mol. The van der Waals surface area contributed by atoms with E-state index in [9.17, 15) is 14.4 Å². The maximum Gasteiger partial charge on any atom is 0.308 e. The first kappa shape index (κ1) is 28.3. The Morgan fingerprint density at radius 3 is 2.41 bits per heavy atom. The monoisotopic (exact) mass is 518 g/mol. The minimum Gasteiger partial charge on any atom is -0.463 e. The maximum absolute atomic E-state index is 12.5. The zero-order valence-corrected chi connectivity index (χ0v) is 22.8. The Bertz CT molecular complexity index is 1130. The Morgan fingerprint density at radius 1 is 1.11 bits per heavy atom. The molecule has 37 heavy (non-hydrogen) atoms. The van der Waals surface area contributed by atoms with Crippen LogP contribution in [0, 0.1) is 23.7 Å². The van der Waals surface area contributed by atoms with E-state index in [1.807, 2.05) is 20.8 Å². The van der Waals surface area contributed by atoms with Crippen molar-refractivity contribution in [2.24, 2.45) is 23.7 Å². The van der Waals surface area contributed by atoms with Crippen molar-refractivity contribution >= 4 is 40.8 Å². The lowest BCUT2D eigenvalue weighted by molar-refractivity contribution is -0.161. The number of anilines is 2. The second-order valence-electron chi connectivity index (χ2n) is 10.4. The van der Waals surface area contributed by atoms with Gasteiger partial charge in [0, 0.05) is 25.3 Å². The van der Waals surface area contributed by atoms with Crippen LogP contribution >= 0.6 is 0 Å². The molecule has 0 spiro atoms. The highest BCUT2D eigenvalue weighted by atomic mass is 16.6. The molecule has 3 heterocycles. The van der Waals surface area contributed by atoms with Gasteiger partial charge in [0.15, 0.2) is 17.0 Å². The highest BCUT2D eigenvalue weighted by Gasteiger charge is 2.46. The van der Waals surface area contributed by atoms with Gasteiger partial charge in [-0.2, -0.15) is 9.97 Å². The van der Waals surface area contributed by atoms with Crippen LogP contribution in [0.15, 0.2) is 6.33 Å². The van der Waals surface area contributed by atoms with Crippen LogP contribution in [0.1, 0.15) is 61.1 Å². The lowest BCUT2D eigenvalue weighted by atomic mass is 10.0. The summed E-state index contributed by atoms with van der Waals surface area (Å²) < 4.78 is 19.3. The van der Waals surface area contributed by atoms with Crippen molar-refractivity contribution < 1.29 is 28.6 Å². The number of nitrogens with zero attached hydrogens (tertiary/aromatic N) is 4. The van der Waals surface area contributed by atoms with Crippen molar-refractivity contribution in [3.8, 4) is 0 Å². The summed E-state index contributed by atoms with van der Waals surface area (Å²) in [4.78, 5) is 50.3. The molecule has 204 valence electrons. The number of hydrogen-bond donors (Lipinski definition) is 2. The Morgan fingerprint density at radius 2 is 1.81 bits per heavy atom. The van der Waals surface area contributed by atoms with Crippen molar-refractivity contribution in [3.05, 3.63) is 6.33 Å². The van der Waals surface area contributed by atoms with E-state index >= 15 is 0 Å². The average Bonchev–Trinajstić information content (AvgIpc) is 3.37. The van der Waals surface area contributed by atoms with Crippen molar-refractivity contribution in [2.75, 3.05) is 24.3 Å². The first-order chi connectivity index (χ1) is 17.4.